The highest BCUT2D eigenvalue weighted by molar-refractivity contribution is 8.14. The van der Waals surface area contributed by atoms with Crippen molar-refractivity contribution in [3.05, 3.63) is 0 Å². The number of primary amides is 1. The zero-order valence-corrected chi connectivity index (χ0v) is 7.50. The fourth-order valence-electron chi connectivity index (χ4n) is 0.845. The van der Waals surface area contributed by atoms with Crippen molar-refractivity contribution >= 4 is 28.6 Å². The highest BCUT2D eigenvalue weighted by Gasteiger charge is 2.40. The second-order valence-corrected chi connectivity index (χ2v) is 3.53. The quantitative estimate of drug-likeness (QED) is 0.514. The van der Waals surface area contributed by atoms with Gasteiger partial charge in [0.1, 0.15) is 0 Å². The smallest absolute Gasteiger partial charge is 0.305 e. The molecule has 0 aromatic rings. The number of carbonyl (C=O) groups is 2. The van der Waals surface area contributed by atoms with E-state index in [2.05, 4.69) is 4.99 Å². The maximum absolute atomic E-state index is 10.9. The summed E-state index contributed by atoms with van der Waals surface area (Å²) in [6.07, 6.45) is 0. The van der Waals surface area contributed by atoms with E-state index in [-0.39, 0.29) is 11.5 Å². The molecular weight excluding hydrogens is 194 g/mol. The van der Waals surface area contributed by atoms with Gasteiger partial charge in [0, 0.05) is 5.75 Å². The van der Waals surface area contributed by atoms with Crippen molar-refractivity contribution in [1.29, 1.82) is 0 Å². The summed E-state index contributed by atoms with van der Waals surface area (Å²) in [4.78, 5) is 25.1. The molecule has 7 heteroatoms. The van der Waals surface area contributed by atoms with Crippen molar-refractivity contribution in [2.45, 2.75) is 5.54 Å². The topological polar surface area (TPSA) is 119 Å². The third-order valence-electron chi connectivity index (χ3n) is 1.76. The van der Waals surface area contributed by atoms with E-state index in [1.54, 1.807) is 0 Å². The van der Waals surface area contributed by atoms with Gasteiger partial charge in [-0.05, 0) is 0 Å². The van der Waals surface area contributed by atoms with Gasteiger partial charge in [-0.25, -0.2) is 4.99 Å². The predicted octanol–water partition coefficient (Wildman–Crippen LogP) is -1.53. The fraction of sp³-hybridized carbons (Fsp3) is 0.500. The molecule has 13 heavy (non-hydrogen) atoms. The number of amides is 2. The average molecular weight is 203 g/mol. The molecule has 0 bridgehead atoms. The second-order valence-electron chi connectivity index (χ2n) is 2.61. The van der Waals surface area contributed by atoms with E-state index in [1.165, 1.54) is 0 Å². The minimum atomic E-state index is -1.70. The van der Waals surface area contributed by atoms with Gasteiger partial charge in [-0.3, -0.25) is 9.59 Å². The first-order valence-electron chi connectivity index (χ1n) is 3.45. The Labute approximate surface area is 78.4 Å². The van der Waals surface area contributed by atoms with Crippen LogP contribution in [0.2, 0.25) is 0 Å². The monoisotopic (exact) mass is 203 g/mol. The van der Waals surface area contributed by atoms with E-state index in [0.717, 1.165) is 11.8 Å². The molecule has 5 N–H and O–H groups in total. The summed E-state index contributed by atoms with van der Waals surface area (Å²) in [5.74, 6) is -0.678. The van der Waals surface area contributed by atoms with Gasteiger partial charge in [0.15, 0.2) is 5.54 Å². The Morgan fingerprint density at radius 2 is 2.38 bits per heavy atom. The van der Waals surface area contributed by atoms with Crippen LogP contribution in [0.1, 0.15) is 0 Å². The molecule has 2 amide bonds. The van der Waals surface area contributed by atoms with Crippen LogP contribution in [-0.4, -0.2) is 39.9 Å². The molecule has 0 saturated heterocycles. The average Bonchev–Trinajstić information content (AvgIpc) is 2.50. The van der Waals surface area contributed by atoms with Crippen LogP contribution in [0.15, 0.2) is 4.99 Å². The zero-order valence-electron chi connectivity index (χ0n) is 6.69. The standard InChI is InChI=1S/C6H9N3O3S/c7-4(11)6(8,2-10)3-1-13-5(12)9-3/h10H,1-2,8H2,(H2,7,11)/t6-/m0/s1. The molecule has 0 saturated carbocycles. The first kappa shape index (κ1) is 10.2. The molecule has 1 aliphatic heterocycles. The Bertz CT molecular complexity index is 291. The second kappa shape index (κ2) is 3.44. The lowest BCUT2D eigenvalue weighted by Gasteiger charge is -2.22. The summed E-state index contributed by atoms with van der Waals surface area (Å²) in [5, 5.41) is 8.46. The molecule has 0 spiro atoms. The van der Waals surface area contributed by atoms with Crippen LogP contribution in [0.25, 0.3) is 0 Å². The molecule has 1 aliphatic rings. The van der Waals surface area contributed by atoms with Gasteiger partial charge >= 0.3 is 5.24 Å². The van der Waals surface area contributed by atoms with E-state index >= 15 is 0 Å². The lowest BCUT2D eigenvalue weighted by Crippen LogP contribution is -2.61. The summed E-state index contributed by atoms with van der Waals surface area (Å²) in [5.41, 5.74) is 8.91. The Hall–Kier alpha value is -0.920. The highest BCUT2D eigenvalue weighted by atomic mass is 32.2. The number of rotatable bonds is 3. The van der Waals surface area contributed by atoms with Crippen molar-refractivity contribution in [2.24, 2.45) is 16.5 Å². The Morgan fingerprint density at radius 3 is 2.69 bits per heavy atom. The van der Waals surface area contributed by atoms with Gasteiger partial charge in [0.05, 0.1) is 12.3 Å². The highest BCUT2D eigenvalue weighted by Crippen LogP contribution is 2.19. The van der Waals surface area contributed by atoms with Gasteiger partial charge < -0.3 is 16.6 Å². The number of nitrogens with zero attached hydrogens (tertiary/aromatic N) is 1. The first-order valence-corrected chi connectivity index (χ1v) is 4.43. The molecule has 0 aliphatic carbocycles. The molecule has 0 unspecified atom stereocenters. The minimum absolute atomic E-state index is 0.137. The van der Waals surface area contributed by atoms with Crippen LogP contribution in [-0.2, 0) is 4.79 Å². The van der Waals surface area contributed by atoms with Crippen LogP contribution in [0, 0.1) is 0 Å². The van der Waals surface area contributed by atoms with Gasteiger partial charge in [-0.15, -0.1) is 0 Å². The molecule has 1 rings (SSSR count). The first-order chi connectivity index (χ1) is 6.00. The molecule has 0 aromatic heterocycles. The third kappa shape index (κ3) is 1.71. The minimum Gasteiger partial charge on any atom is -0.393 e. The molecule has 1 atom stereocenters. The molecule has 0 radical (unpaired) electrons. The van der Waals surface area contributed by atoms with Crippen LogP contribution < -0.4 is 11.5 Å². The van der Waals surface area contributed by atoms with Gasteiger partial charge in [-0.1, -0.05) is 11.8 Å². The number of carbonyl (C=O) groups excluding carboxylic acids is 2. The van der Waals surface area contributed by atoms with E-state index in [1.807, 2.05) is 0 Å². The summed E-state index contributed by atoms with van der Waals surface area (Å²) >= 11 is 0.923. The fourth-order valence-corrected chi connectivity index (χ4v) is 1.60. The SMILES string of the molecule is NC(=O)[C@](N)(CO)C1=NC(=O)SC1. The van der Waals surface area contributed by atoms with Gasteiger partial charge in [0.25, 0.3) is 0 Å². The van der Waals surface area contributed by atoms with Gasteiger partial charge in [-0.2, -0.15) is 0 Å². The molecule has 0 fully saturated rings. The van der Waals surface area contributed by atoms with E-state index in [9.17, 15) is 9.59 Å². The van der Waals surface area contributed by atoms with E-state index in [0.29, 0.717) is 0 Å². The Balaban J connectivity index is 2.96. The van der Waals surface area contributed by atoms with E-state index < -0.39 is 23.3 Å². The summed E-state index contributed by atoms with van der Waals surface area (Å²) in [6.45, 7) is -0.644. The number of hydrogen-bond donors (Lipinski definition) is 3. The lowest BCUT2D eigenvalue weighted by atomic mass is 9.96. The normalized spacial score (nSPS) is 21.1. The number of nitrogens with two attached hydrogens (primary N) is 2. The number of hydrogen-bond acceptors (Lipinski definition) is 5. The number of aliphatic hydroxyl groups excluding tert-OH is 1. The summed E-state index contributed by atoms with van der Waals surface area (Å²) < 4.78 is 0. The molecule has 72 valence electrons. The van der Waals surface area contributed by atoms with Crippen LogP contribution in [0.4, 0.5) is 4.79 Å². The zero-order chi connectivity index (χ0) is 10.1. The summed E-state index contributed by atoms with van der Waals surface area (Å²) in [7, 11) is 0. The van der Waals surface area contributed by atoms with Crippen molar-refractivity contribution < 1.29 is 14.7 Å². The maximum Gasteiger partial charge on any atom is 0.305 e. The van der Waals surface area contributed by atoms with Crippen molar-refractivity contribution in [2.75, 3.05) is 12.4 Å². The lowest BCUT2D eigenvalue weighted by molar-refractivity contribution is -0.121. The molecule has 0 aromatic carbocycles. The maximum atomic E-state index is 10.9. The van der Waals surface area contributed by atoms with Crippen LogP contribution >= 0.6 is 11.8 Å². The van der Waals surface area contributed by atoms with Gasteiger partial charge in [0.2, 0.25) is 5.91 Å². The molecule has 1 heterocycles. The van der Waals surface area contributed by atoms with E-state index in [4.69, 9.17) is 16.6 Å². The molecular formula is C6H9N3O3S. The number of aliphatic hydroxyl groups is 1. The number of aliphatic imine (C=N–C) groups is 1. The Morgan fingerprint density at radius 1 is 1.77 bits per heavy atom. The van der Waals surface area contributed by atoms with Crippen molar-refractivity contribution in [3.8, 4) is 0 Å². The van der Waals surface area contributed by atoms with Crippen LogP contribution in [0.3, 0.4) is 0 Å². The molecule has 6 nitrogen and oxygen atoms in total. The largest absolute Gasteiger partial charge is 0.393 e. The Kier molecular flexibility index (Phi) is 2.69. The number of thioether (sulfide) groups is 1. The summed E-state index contributed by atoms with van der Waals surface area (Å²) in [6, 6.07) is 0. The third-order valence-corrected chi connectivity index (χ3v) is 2.52. The van der Waals surface area contributed by atoms with Crippen molar-refractivity contribution in [3.63, 3.8) is 0 Å². The van der Waals surface area contributed by atoms with Crippen LogP contribution in [0.5, 0.6) is 0 Å². The predicted molar refractivity (Wildman–Crippen MR) is 48.5 cm³/mol. The van der Waals surface area contributed by atoms with Crippen molar-refractivity contribution in [1.82, 2.24) is 0 Å².